The molecule has 1 unspecified atom stereocenters. The Kier molecular flexibility index (Phi) is 3.73. The molecule has 72 valence electrons. The van der Waals surface area contributed by atoms with Crippen LogP contribution in [-0.4, -0.2) is 18.2 Å². The first-order valence-electron chi connectivity index (χ1n) is 4.46. The van der Waals surface area contributed by atoms with Gasteiger partial charge in [-0.3, -0.25) is 0 Å². The number of anilines is 1. The minimum absolute atomic E-state index is 0.417. The van der Waals surface area contributed by atoms with Crippen molar-refractivity contribution in [2.45, 2.75) is 13.0 Å². The Hall–Kier alpha value is -1.06. The van der Waals surface area contributed by atoms with Gasteiger partial charge in [0.15, 0.2) is 0 Å². The van der Waals surface area contributed by atoms with Gasteiger partial charge in [-0.05, 0) is 24.6 Å². The van der Waals surface area contributed by atoms with Gasteiger partial charge in [0, 0.05) is 18.8 Å². The van der Waals surface area contributed by atoms with Crippen molar-refractivity contribution in [3.05, 3.63) is 29.8 Å². The highest BCUT2D eigenvalue weighted by molar-refractivity contribution is 5.46. The second-order valence-electron chi connectivity index (χ2n) is 3.02. The number of aliphatic hydroxyl groups excluding tert-OH is 1. The Morgan fingerprint density at radius 1 is 1.54 bits per heavy atom. The number of aliphatic hydroxyl groups is 1. The quantitative estimate of drug-likeness (QED) is 0.650. The minimum atomic E-state index is -0.417. The summed E-state index contributed by atoms with van der Waals surface area (Å²) in [5.41, 5.74) is 7.28. The van der Waals surface area contributed by atoms with Crippen molar-refractivity contribution in [2.75, 3.05) is 18.4 Å². The minimum Gasteiger partial charge on any atom is -0.389 e. The summed E-state index contributed by atoms with van der Waals surface area (Å²) in [4.78, 5) is 0. The number of hydrogen-bond donors (Lipinski definition) is 3. The van der Waals surface area contributed by atoms with Crippen LogP contribution in [0.3, 0.4) is 0 Å². The van der Waals surface area contributed by atoms with Gasteiger partial charge < -0.3 is 16.2 Å². The molecule has 0 spiro atoms. The summed E-state index contributed by atoms with van der Waals surface area (Å²) in [5, 5.41) is 12.5. The molecule has 0 saturated heterocycles. The molecule has 0 bridgehead atoms. The van der Waals surface area contributed by atoms with Crippen LogP contribution in [-0.2, 0) is 0 Å². The van der Waals surface area contributed by atoms with Crippen LogP contribution >= 0.6 is 0 Å². The molecule has 0 saturated carbocycles. The highest BCUT2D eigenvalue weighted by Crippen LogP contribution is 2.16. The lowest BCUT2D eigenvalue weighted by atomic mass is 10.1. The van der Waals surface area contributed by atoms with E-state index in [1.165, 1.54) is 0 Å². The Morgan fingerprint density at radius 3 is 2.92 bits per heavy atom. The van der Waals surface area contributed by atoms with Gasteiger partial charge >= 0.3 is 0 Å². The zero-order valence-electron chi connectivity index (χ0n) is 7.83. The molecule has 0 amide bonds. The Bertz CT molecular complexity index is 261. The normalized spacial score (nSPS) is 12.5. The molecule has 0 radical (unpaired) electrons. The maximum atomic E-state index is 9.32. The fourth-order valence-corrected chi connectivity index (χ4v) is 1.12. The maximum Gasteiger partial charge on any atom is 0.0762 e. The first kappa shape index (κ1) is 10.0. The van der Waals surface area contributed by atoms with Crippen molar-refractivity contribution < 1.29 is 5.11 Å². The average Bonchev–Trinajstić information content (AvgIpc) is 2.15. The zero-order chi connectivity index (χ0) is 9.68. The molecule has 13 heavy (non-hydrogen) atoms. The molecule has 1 atom stereocenters. The van der Waals surface area contributed by atoms with Gasteiger partial charge in [-0.15, -0.1) is 0 Å². The first-order chi connectivity index (χ1) is 6.24. The van der Waals surface area contributed by atoms with E-state index in [4.69, 9.17) is 5.73 Å². The number of nitrogens with two attached hydrogens (primary N) is 1. The van der Waals surface area contributed by atoms with E-state index in [0.29, 0.717) is 6.54 Å². The van der Waals surface area contributed by atoms with Gasteiger partial charge in [-0.25, -0.2) is 0 Å². The lowest BCUT2D eigenvalue weighted by molar-refractivity contribution is 0.199. The highest BCUT2D eigenvalue weighted by atomic mass is 16.3. The predicted molar refractivity (Wildman–Crippen MR) is 54.6 cm³/mol. The summed E-state index contributed by atoms with van der Waals surface area (Å²) < 4.78 is 0. The van der Waals surface area contributed by atoms with E-state index in [1.807, 2.05) is 24.3 Å². The molecule has 4 N–H and O–H groups in total. The monoisotopic (exact) mass is 180 g/mol. The van der Waals surface area contributed by atoms with Crippen molar-refractivity contribution in [3.63, 3.8) is 0 Å². The molecular weight excluding hydrogens is 164 g/mol. The van der Waals surface area contributed by atoms with Gasteiger partial charge in [0.05, 0.1) is 6.10 Å². The van der Waals surface area contributed by atoms with Crippen LogP contribution in [0.15, 0.2) is 24.3 Å². The Morgan fingerprint density at radius 2 is 2.31 bits per heavy atom. The molecule has 0 aliphatic rings. The van der Waals surface area contributed by atoms with E-state index in [0.717, 1.165) is 17.8 Å². The van der Waals surface area contributed by atoms with E-state index in [9.17, 15) is 5.11 Å². The number of hydrogen-bond acceptors (Lipinski definition) is 3. The lowest BCUT2D eigenvalue weighted by Crippen LogP contribution is -2.13. The summed E-state index contributed by atoms with van der Waals surface area (Å²) in [6.07, 6.45) is -0.417. The third-order valence-corrected chi connectivity index (χ3v) is 1.84. The maximum absolute atomic E-state index is 9.32. The number of nitrogens with one attached hydrogen (secondary N) is 1. The van der Waals surface area contributed by atoms with Crippen molar-refractivity contribution in [1.29, 1.82) is 0 Å². The Labute approximate surface area is 78.6 Å². The van der Waals surface area contributed by atoms with Crippen LogP contribution in [0.25, 0.3) is 0 Å². The second kappa shape index (κ2) is 4.84. The fraction of sp³-hybridized carbons (Fsp3) is 0.400. The number of rotatable bonds is 4. The standard InChI is InChI=1S/C10H16N2O/c1-8(13)9-3-2-4-10(7-9)12-6-5-11/h2-4,7-8,12-13H,5-6,11H2,1H3. The largest absolute Gasteiger partial charge is 0.389 e. The Balaban J connectivity index is 2.68. The van der Waals surface area contributed by atoms with Crippen molar-refractivity contribution >= 4 is 5.69 Å². The summed E-state index contributed by atoms with van der Waals surface area (Å²) in [6, 6.07) is 7.71. The molecule has 0 heterocycles. The van der Waals surface area contributed by atoms with E-state index < -0.39 is 6.10 Å². The molecule has 1 rings (SSSR count). The SMILES string of the molecule is CC(O)c1cccc(NCCN)c1. The molecular formula is C10H16N2O. The van der Waals surface area contributed by atoms with Crippen molar-refractivity contribution in [1.82, 2.24) is 0 Å². The summed E-state index contributed by atoms with van der Waals surface area (Å²) >= 11 is 0. The van der Waals surface area contributed by atoms with Gasteiger partial charge in [0.1, 0.15) is 0 Å². The van der Waals surface area contributed by atoms with E-state index in [2.05, 4.69) is 5.32 Å². The molecule has 0 aromatic heterocycles. The van der Waals surface area contributed by atoms with Gasteiger partial charge in [-0.2, -0.15) is 0 Å². The number of benzene rings is 1. The average molecular weight is 180 g/mol. The van der Waals surface area contributed by atoms with E-state index in [-0.39, 0.29) is 0 Å². The molecule has 3 heteroatoms. The van der Waals surface area contributed by atoms with Crippen LogP contribution in [0.5, 0.6) is 0 Å². The van der Waals surface area contributed by atoms with Crippen LogP contribution in [0.1, 0.15) is 18.6 Å². The zero-order valence-corrected chi connectivity index (χ0v) is 7.83. The van der Waals surface area contributed by atoms with Crippen molar-refractivity contribution in [3.8, 4) is 0 Å². The molecule has 1 aromatic rings. The molecule has 0 aliphatic heterocycles. The smallest absolute Gasteiger partial charge is 0.0762 e. The molecule has 3 nitrogen and oxygen atoms in total. The van der Waals surface area contributed by atoms with Crippen LogP contribution in [0.2, 0.25) is 0 Å². The van der Waals surface area contributed by atoms with E-state index >= 15 is 0 Å². The van der Waals surface area contributed by atoms with Crippen LogP contribution in [0, 0.1) is 0 Å². The molecule has 0 aliphatic carbocycles. The first-order valence-corrected chi connectivity index (χ1v) is 4.46. The topological polar surface area (TPSA) is 58.3 Å². The van der Waals surface area contributed by atoms with Crippen LogP contribution < -0.4 is 11.1 Å². The summed E-state index contributed by atoms with van der Waals surface area (Å²) in [7, 11) is 0. The third kappa shape index (κ3) is 3.05. The lowest BCUT2D eigenvalue weighted by Gasteiger charge is -2.08. The summed E-state index contributed by atoms with van der Waals surface area (Å²) in [6.45, 7) is 3.12. The fourth-order valence-electron chi connectivity index (χ4n) is 1.12. The molecule has 1 aromatic carbocycles. The van der Waals surface area contributed by atoms with Crippen LogP contribution in [0.4, 0.5) is 5.69 Å². The van der Waals surface area contributed by atoms with Gasteiger partial charge in [0.25, 0.3) is 0 Å². The molecule has 0 fully saturated rings. The second-order valence-corrected chi connectivity index (χ2v) is 3.02. The summed E-state index contributed by atoms with van der Waals surface area (Å²) in [5.74, 6) is 0. The van der Waals surface area contributed by atoms with E-state index in [1.54, 1.807) is 6.92 Å². The van der Waals surface area contributed by atoms with Gasteiger partial charge in [0.2, 0.25) is 0 Å². The highest BCUT2D eigenvalue weighted by Gasteiger charge is 2.00. The third-order valence-electron chi connectivity index (χ3n) is 1.84. The van der Waals surface area contributed by atoms with Gasteiger partial charge in [-0.1, -0.05) is 12.1 Å². The van der Waals surface area contributed by atoms with Crippen molar-refractivity contribution in [2.24, 2.45) is 5.73 Å². The predicted octanol–water partition coefficient (Wildman–Crippen LogP) is 1.11.